The van der Waals surface area contributed by atoms with Gasteiger partial charge in [-0.05, 0) is 66.2 Å². The minimum Gasteiger partial charge on any atom is -0.307 e. The van der Waals surface area contributed by atoms with E-state index in [2.05, 4.69) is 132 Å². The summed E-state index contributed by atoms with van der Waals surface area (Å²) in [6.07, 6.45) is 0. The average molecular weight is 785 g/mol. The van der Waals surface area contributed by atoms with Gasteiger partial charge in [-0.15, -0.1) is 0 Å². The van der Waals surface area contributed by atoms with E-state index in [4.69, 9.17) is 18.1 Å². The standard InChI is InChI=1S/C47H62O6P2/c1-43(2,3)37-21-13-17-33(25-37)41(34-18-14-22-38(26-34)44(4,5)6)54(48)50-29-47(30-51-54)31-52-55(49,53-32-47)42(35-19-15-23-39(27-35)45(7,8)9)36-20-16-24-40(28-36)46(10,11)12/h13-28,41-42H,29-32H2,1-12H3. The van der Waals surface area contributed by atoms with Crippen LogP contribution in [0.15, 0.2) is 97.1 Å². The van der Waals surface area contributed by atoms with Crippen molar-refractivity contribution in [1.82, 2.24) is 0 Å². The van der Waals surface area contributed by atoms with Crippen molar-refractivity contribution in [1.29, 1.82) is 0 Å². The number of hydrogen-bond acceptors (Lipinski definition) is 6. The molecular formula is C47H62O6P2. The Morgan fingerprint density at radius 3 is 0.836 bits per heavy atom. The van der Waals surface area contributed by atoms with Gasteiger partial charge >= 0.3 is 15.2 Å². The van der Waals surface area contributed by atoms with Gasteiger partial charge in [0.15, 0.2) is 0 Å². The van der Waals surface area contributed by atoms with Crippen molar-refractivity contribution in [2.45, 2.75) is 116 Å². The topological polar surface area (TPSA) is 71.1 Å². The summed E-state index contributed by atoms with van der Waals surface area (Å²) in [6.45, 7) is 26.5. The van der Waals surface area contributed by atoms with Crippen molar-refractivity contribution in [2.75, 3.05) is 26.4 Å². The largest absolute Gasteiger partial charge is 0.342 e. The number of rotatable bonds is 6. The maximum atomic E-state index is 15.1. The Hall–Kier alpha value is -2.82. The first-order valence-electron chi connectivity index (χ1n) is 19.6. The molecule has 1 spiro atoms. The predicted octanol–water partition coefficient (Wildman–Crippen LogP) is 13.2. The molecule has 55 heavy (non-hydrogen) atoms. The molecule has 0 bridgehead atoms. The molecule has 0 aliphatic carbocycles. The lowest BCUT2D eigenvalue weighted by Crippen LogP contribution is -2.46. The van der Waals surface area contributed by atoms with Crippen LogP contribution in [0.1, 0.15) is 139 Å². The lowest BCUT2D eigenvalue weighted by atomic mass is 9.84. The normalized spacial score (nSPS) is 24.1. The molecule has 2 aliphatic rings. The minimum absolute atomic E-state index is 0.0857. The average Bonchev–Trinajstić information content (AvgIpc) is 3.10. The molecule has 0 unspecified atom stereocenters. The van der Waals surface area contributed by atoms with Gasteiger partial charge in [-0.25, -0.2) is 0 Å². The Balaban J connectivity index is 1.31. The fourth-order valence-corrected chi connectivity index (χ4v) is 12.0. The first-order valence-corrected chi connectivity index (χ1v) is 22.8. The van der Waals surface area contributed by atoms with E-state index in [1.807, 2.05) is 48.5 Å². The van der Waals surface area contributed by atoms with Crippen LogP contribution in [0, 0.1) is 5.41 Å². The first kappa shape index (κ1) is 41.8. The van der Waals surface area contributed by atoms with Gasteiger partial charge in [0.2, 0.25) is 0 Å². The highest BCUT2D eigenvalue weighted by Crippen LogP contribution is 2.70. The second-order valence-corrected chi connectivity index (χ2v) is 24.2. The van der Waals surface area contributed by atoms with Crippen LogP contribution in [0.3, 0.4) is 0 Å². The van der Waals surface area contributed by atoms with Crippen LogP contribution in [-0.2, 0) is 48.9 Å². The van der Waals surface area contributed by atoms with Crippen LogP contribution < -0.4 is 0 Å². The third-order valence-corrected chi connectivity index (χ3v) is 15.5. The van der Waals surface area contributed by atoms with Crippen LogP contribution in [-0.4, -0.2) is 26.4 Å². The summed E-state index contributed by atoms with van der Waals surface area (Å²) in [6, 6.07) is 33.2. The second-order valence-electron chi connectivity index (χ2n) is 20.0. The Morgan fingerprint density at radius 2 is 0.636 bits per heavy atom. The molecule has 2 heterocycles. The highest BCUT2D eigenvalue weighted by Gasteiger charge is 2.54. The summed E-state index contributed by atoms with van der Waals surface area (Å²) in [5.74, 6) is 0. The molecule has 4 aromatic rings. The maximum absolute atomic E-state index is 15.1. The molecule has 2 fully saturated rings. The quantitative estimate of drug-likeness (QED) is 0.181. The summed E-state index contributed by atoms with van der Waals surface area (Å²) < 4.78 is 56.1. The molecule has 6 rings (SSSR count). The van der Waals surface area contributed by atoms with Gasteiger partial charge in [0.05, 0.1) is 31.8 Å². The van der Waals surface area contributed by atoms with Crippen LogP contribution in [0.25, 0.3) is 0 Å². The van der Waals surface area contributed by atoms with Crippen molar-refractivity contribution in [3.8, 4) is 0 Å². The van der Waals surface area contributed by atoms with E-state index in [0.29, 0.717) is 0 Å². The van der Waals surface area contributed by atoms with Crippen molar-refractivity contribution < 1.29 is 27.2 Å². The lowest BCUT2D eigenvalue weighted by molar-refractivity contribution is -0.0703. The lowest BCUT2D eigenvalue weighted by Gasteiger charge is -2.45. The Morgan fingerprint density at radius 1 is 0.418 bits per heavy atom. The van der Waals surface area contributed by atoms with Gasteiger partial charge in [0.1, 0.15) is 11.3 Å². The number of benzene rings is 4. The number of hydrogen-bond donors (Lipinski definition) is 0. The van der Waals surface area contributed by atoms with E-state index in [1.165, 1.54) is 0 Å². The summed E-state index contributed by atoms with van der Waals surface area (Å²) in [5, 5.41) is 0. The van der Waals surface area contributed by atoms with Crippen LogP contribution >= 0.6 is 15.2 Å². The summed E-state index contributed by atoms with van der Waals surface area (Å²) in [5.41, 5.74) is 5.63. The van der Waals surface area contributed by atoms with Crippen LogP contribution in [0.2, 0.25) is 0 Å². The zero-order chi connectivity index (χ0) is 40.2. The van der Waals surface area contributed by atoms with E-state index < -0.39 is 31.9 Å². The molecule has 0 atom stereocenters. The molecular weight excluding hydrogens is 722 g/mol. The van der Waals surface area contributed by atoms with E-state index in [1.54, 1.807) is 0 Å². The second kappa shape index (κ2) is 14.8. The van der Waals surface area contributed by atoms with Gasteiger partial charge in [-0.2, -0.15) is 0 Å². The molecule has 0 aromatic heterocycles. The van der Waals surface area contributed by atoms with Crippen LogP contribution in [0.5, 0.6) is 0 Å². The molecule has 296 valence electrons. The molecule has 4 aromatic carbocycles. The van der Waals surface area contributed by atoms with Crippen molar-refractivity contribution >= 4 is 15.2 Å². The fraction of sp³-hybridized carbons (Fsp3) is 0.489. The van der Waals surface area contributed by atoms with Gasteiger partial charge in [-0.1, -0.05) is 180 Å². The predicted molar refractivity (Wildman–Crippen MR) is 226 cm³/mol. The summed E-state index contributed by atoms with van der Waals surface area (Å²) in [7, 11) is -7.55. The van der Waals surface area contributed by atoms with Gasteiger partial charge < -0.3 is 18.1 Å². The first-order chi connectivity index (χ1) is 25.4. The third kappa shape index (κ3) is 9.02. The maximum Gasteiger partial charge on any atom is 0.342 e. The molecule has 2 saturated heterocycles. The SMILES string of the molecule is CC(C)(C)c1cccc(C(c2cccc(C(C)(C)C)c2)P2(=O)OCC3(CO2)COP(=O)(C(c2cccc(C(C)(C)C)c2)c2cccc(C(C)(C)C)c2)OC3)c1. The van der Waals surface area contributed by atoms with Crippen LogP contribution in [0.4, 0.5) is 0 Å². The molecule has 8 heteroatoms. The Kier molecular flexibility index (Phi) is 11.3. The highest BCUT2D eigenvalue weighted by molar-refractivity contribution is 7.55. The summed E-state index contributed by atoms with van der Waals surface area (Å²) >= 11 is 0. The Labute approximate surface area is 330 Å². The molecule has 0 radical (unpaired) electrons. The smallest absolute Gasteiger partial charge is 0.307 e. The molecule has 0 amide bonds. The van der Waals surface area contributed by atoms with Crippen molar-refractivity contribution in [2.24, 2.45) is 5.41 Å². The molecule has 0 saturated carbocycles. The van der Waals surface area contributed by atoms with E-state index >= 15 is 9.13 Å². The zero-order valence-electron chi connectivity index (χ0n) is 35.1. The molecule has 2 aliphatic heterocycles. The highest BCUT2D eigenvalue weighted by atomic mass is 31.2. The van der Waals surface area contributed by atoms with E-state index in [-0.39, 0.29) is 48.1 Å². The third-order valence-electron chi connectivity index (χ3n) is 11.1. The van der Waals surface area contributed by atoms with Gasteiger partial charge in [0.25, 0.3) is 0 Å². The molecule has 6 nitrogen and oxygen atoms in total. The van der Waals surface area contributed by atoms with E-state index in [9.17, 15) is 0 Å². The van der Waals surface area contributed by atoms with Gasteiger partial charge in [-0.3, -0.25) is 9.13 Å². The zero-order valence-corrected chi connectivity index (χ0v) is 36.9. The van der Waals surface area contributed by atoms with Crippen molar-refractivity contribution in [3.05, 3.63) is 142 Å². The van der Waals surface area contributed by atoms with Crippen molar-refractivity contribution in [3.63, 3.8) is 0 Å². The Bertz CT molecular complexity index is 1820. The monoisotopic (exact) mass is 784 g/mol. The van der Waals surface area contributed by atoms with Gasteiger partial charge in [0, 0.05) is 0 Å². The fourth-order valence-electron chi connectivity index (χ4n) is 7.35. The molecule has 0 N–H and O–H groups in total. The van der Waals surface area contributed by atoms with E-state index in [0.717, 1.165) is 44.5 Å². The minimum atomic E-state index is -3.77. The summed E-state index contributed by atoms with van der Waals surface area (Å²) in [4.78, 5) is 0.